The number of aryl methyl sites for hydroxylation is 1. The lowest BCUT2D eigenvalue weighted by atomic mass is 10.3. The highest BCUT2D eigenvalue weighted by atomic mass is 16.5. The molecule has 0 spiro atoms. The van der Waals surface area contributed by atoms with Crippen LogP contribution in [0.25, 0.3) is 0 Å². The number of carbonyl (C=O) groups excluding carboxylic acids is 1. The average molecular weight is 266 g/mol. The Morgan fingerprint density at radius 3 is 2.79 bits per heavy atom. The molecule has 1 fully saturated rings. The molecule has 106 valence electrons. The number of rotatable bonds is 5. The molecule has 1 aliphatic rings. The topological polar surface area (TPSA) is 50.6 Å². The second-order valence-electron chi connectivity index (χ2n) is 4.91. The molecular formula is C13H22N4O2. The third-order valence-corrected chi connectivity index (χ3v) is 3.28. The minimum absolute atomic E-state index is 0.0522. The normalized spacial score (nSPS) is 16.6. The molecule has 0 radical (unpaired) electrons. The highest BCUT2D eigenvalue weighted by Crippen LogP contribution is 2.09. The minimum atomic E-state index is 0.0522. The van der Waals surface area contributed by atoms with Crippen molar-refractivity contribution >= 4 is 5.91 Å². The van der Waals surface area contributed by atoms with Gasteiger partial charge in [-0.15, -0.1) is 0 Å². The summed E-state index contributed by atoms with van der Waals surface area (Å²) in [5.41, 5.74) is 0. The lowest BCUT2D eigenvalue weighted by Crippen LogP contribution is -2.48. The van der Waals surface area contributed by atoms with Gasteiger partial charge in [0.15, 0.2) is 12.4 Å². The number of carbonyl (C=O) groups is 1. The Labute approximate surface area is 113 Å². The van der Waals surface area contributed by atoms with Crippen molar-refractivity contribution < 1.29 is 9.53 Å². The monoisotopic (exact) mass is 266 g/mol. The molecule has 0 saturated carbocycles. The highest BCUT2D eigenvalue weighted by Gasteiger charge is 2.19. The molecule has 1 aromatic rings. The zero-order valence-corrected chi connectivity index (χ0v) is 11.7. The Morgan fingerprint density at radius 2 is 2.11 bits per heavy atom. The number of hydrogen-bond acceptors (Lipinski definition) is 4. The third kappa shape index (κ3) is 3.96. The van der Waals surface area contributed by atoms with Crippen molar-refractivity contribution in [1.82, 2.24) is 19.6 Å². The van der Waals surface area contributed by atoms with Gasteiger partial charge in [0.2, 0.25) is 0 Å². The lowest BCUT2D eigenvalue weighted by molar-refractivity contribution is -0.134. The summed E-state index contributed by atoms with van der Waals surface area (Å²) < 4.78 is 7.32. The molecule has 2 rings (SSSR count). The smallest absolute Gasteiger partial charge is 0.260 e. The number of ether oxygens (including phenoxy) is 1. The van der Waals surface area contributed by atoms with E-state index in [1.165, 1.54) is 0 Å². The number of piperazine rings is 1. The first-order chi connectivity index (χ1) is 9.19. The van der Waals surface area contributed by atoms with E-state index in [9.17, 15) is 4.79 Å². The Balaban J connectivity index is 1.76. The van der Waals surface area contributed by atoms with Crippen molar-refractivity contribution in [3.8, 4) is 5.75 Å². The Hall–Kier alpha value is -1.56. The quantitative estimate of drug-likeness (QED) is 0.776. The maximum atomic E-state index is 12.0. The molecule has 0 atom stereocenters. The minimum Gasteiger partial charge on any atom is -0.480 e. The van der Waals surface area contributed by atoms with Gasteiger partial charge in [0.05, 0.1) is 12.4 Å². The van der Waals surface area contributed by atoms with Gasteiger partial charge in [-0.2, -0.15) is 5.10 Å². The van der Waals surface area contributed by atoms with Crippen LogP contribution in [0, 0.1) is 0 Å². The molecule has 0 bridgehead atoms. The summed E-state index contributed by atoms with van der Waals surface area (Å²) in [4.78, 5) is 16.0. The molecule has 2 heterocycles. The van der Waals surface area contributed by atoms with Crippen LogP contribution in [0.2, 0.25) is 0 Å². The van der Waals surface area contributed by atoms with Gasteiger partial charge in [0.1, 0.15) is 0 Å². The zero-order valence-electron chi connectivity index (χ0n) is 11.7. The second kappa shape index (κ2) is 6.56. The summed E-state index contributed by atoms with van der Waals surface area (Å²) in [5, 5.41) is 4.17. The van der Waals surface area contributed by atoms with Crippen LogP contribution in [-0.2, 0) is 11.3 Å². The maximum absolute atomic E-state index is 12.0. The second-order valence-corrected chi connectivity index (χ2v) is 4.91. The van der Waals surface area contributed by atoms with Crippen molar-refractivity contribution in [2.45, 2.75) is 19.9 Å². The fraction of sp³-hybridized carbons (Fsp3) is 0.692. The molecule has 0 N–H and O–H groups in total. The first-order valence-electron chi connectivity index (χ1n) is 6.80. The van der Waals surface area contributed by atoms with Crippen LogP contribution in [0.1, 0.15) is 13.3 Å². The lowest BCUT2D eigenvalue weighted by Gasteiger charge is -2.32. The predicted octanol–water partition coefficient (Wildman–Crippen LogP) is 0.446. The first-order valence-corrected chi connectivity index (χ1v) is 6.80. The van der Waals surface area contributed by atoms with Gasteiger partial charge in [-0.05, 0) is 13.5 Å². The summed E-state index contributed by atoms with van der Waals surface area (Å²) in [6, 6.07) is 0. The molecule has 1 saturated heterocycles. The van der Waals surface area contributed by atoms with Gasteiger partial charge >= 0.3 is 0 Å². The molecular weight excluding hydrogens is 244 g/mol. The zero-order chi connectivity index (χ0) is 13.7. The molecule has 0 aliphatic carbocycles. The predicted molar refractivity (Wildman–Crippen MR) is 72.1 cm³/mol. The van der Waals surface area contributed by atoms with Crippen LogP contribution in [0.5, 0.6) is 5.75 Å². The molecule has 6 heteroatoms. The van der Waals surface area contributed by atoms with E-state index in [0.29, 0.717) is 5.75 Å². The molecule has 1 amide bonds. The number of aromatic nitrogens is 2. The molecule has 19 heavy (non-hydrogen) atoms. The van der Waals surface area contributed by atoms with E-state index in [-0.39, 0.29) is 12.5 Å². The third-order valence-electron chi connectivity index (χ3n) is 3.28. The summed E-state index contributed by atoms with van der Waals surface area (Å²) in [6.07, 6.45) is 4.52. The summed E-state index contributed by atoms with van der Waals surface area (Å²) >= 11 is 0. The summed E-state index contributed by atoms with van der Waals surface area (Å²) in [6.45, 7) is 6.50. The van der Waals surface area contributed by atoms with E-state index in [4.69, 9.17) is 4.74 Å². The highest BCUT2D eigenvalue weighted by molar-refractivity contribution is 5.77. The van der Waals surface area contributed by atoms with Gasteiger partial charge in [-0.1, -0.05) is 6.92 Å². The number of amides is 1. The summed E-state index contributed by atoms with van der Waals surface area (Å²) in [5.74, 6) is 0.715. The number of likely N-dealkylation sites (N-methyl/N-ethyl adjacent to an activating group) is 1. The van der Waals surface area contributed by atoms with E-state index in [2.05, 4.69) is 24.0 Å². The van der Waals surface area contributed by atoms with Crippen LogP contribution >= 0.6 is 0 Å². The molecule has 0 aromatic carbocycles. The average Bonchev–Trinajstić information content (AvgIpc) is 2.85. The van der Waals surface area contributed by atoms with Crippen molar-refractivity contribution in [3.05, 3.63) is 12.4 Å². The van der Waals surface area contributed by atoms with Crippen LogP contribution in [0.3, 0.4) is 0 Å². The van der Waals surface area contributed by atoms with E-state index in [0.717, 1.165) is 39.1 Å². The largest absolute Gasteiger partial charge is 0.480 e. The maximum Gasteiger partial charge on any atom is 0.260 e. The summed E-state index contributed by atoms with van der Waals surface area (Å²) in [7, 11) is 2.07. The fourth-order valence-corrected chi connectivity index (χ4v) is 2.06. The number of nitrogens with zero attached hydrogens (tertiary/aromatic N) is 4. The Morgan fingerprint density at radius 1 is 1.37 bits per heavy atom. The van der Waals surface area contributed by atoms with Gasteiger partial charge < -0.3 is 14.5 Å². The fourth-order valence-electron chi connectivity index (χ4n) is 2.06. The Bertz CT molecular complexity index is 411. The molecule has 0 unspecified atom stereocenters. The van der Waals surface area contributed by atoms with Gasteiger partial charge in [-0.3, -0.25) is 9.48 Å². The molecule has 6 nitrogen and oxygen atoms in total. The van der Waals surface area contributed by atoms with E-state index in [1.807, 2.05) is 15.8 Å². The standard InChI is InChI=1S/C13H22N4O2/c1-3-4-17-10-12(9-14-17)19-11-13(18)16-7-5-15(2)6-8-16/h9-10H,3-8,11H2,1-2H3. The molecule has 1 aromatic heterocycles. The van der Waals surface area contributed by atoms with Gasteiger partial charge in [-0.25, -0.2) is 0 Å². The van der Waals surface area contributed by atoms with E-state index >= 15 is 0 Å². The van der Waals surface area contributed by atoms with E-state index < -0.39 is 0 Å². The van der Waals surface area contributed by atoms with Crippen molar-refractivity contribution in [3.63, 3.8) is 0 Å². The van der Waals surface area contributed by atoms with E-state index in [1.54, 1.807) is 6.20 Å². The van der Waals surface area contributed by atoms with Crippen LogP contribution in [0.15, 0.2) is 12.4 Å². The first kappa shape index (κ1) is 13.9. The van der Waals surface area contributed by atoms with Crippen molar-refractivity contribution in [1.29, 1.82) is 0 Å². The molecule has 1 aliphatic heterocycles. The van der Waals surface area contributed by atoms with Gasteiger partial charge in [0, 0.05) is 32.7 Å². The van der Waals surface area contributed by atoms with Crippen LogP contribution in [0.4, 0.5) is 0 Å². The Kier molecular flexibility index (Phi) is 4.79. The SMILES string of the molecule is CCCn1cc(OCC(=O)N2CCN(C)CC2)cn1. The van der Waals surface area contributed by atoms with Crippen molar-refractivity contribution in [2.24, 2.45) is 0 Å². The van der Waals surface area contributed by atoms with Crippen LogP contribution in [-0.4, -0.2) is 65.3 Å². The van der Waals surface area contributed by atoms with Crippen molar-refractivity contribution in [2.75, 3.05) is 39.8 Å². The van der Waals surface area contributed by atoms with Gasteiger partial charge in [0.25, 0.3) is 5.91 Å². The van der Waals surface area contributed by atoms with Crippen LogP contribution < -0.4 is 4.74 Å². The number of hydrogen-bond donors (Lipinski definition) is 0.